The van der Waals surface area contributed by atoms with Crippen LogP contribution in [-0.2, 0) is 4.79 Å². The first kappa shape index (κ1) is 18.8. The van der Waals surface area contributed by atoms with Gasteiger partial charge >= 0.3 is 0 Å². The number of halogens is 2. The van der Waals surface area contributed by atoms with E-state index in [9.17, 15) is 4.79 Å². The van der Waals surface area contributed by atoms with Crippen LogP contribution >= 0.6 is 23.2 Å². The molecule has 5 nitrogen and oxygen atoms in total. The third-order valence-corrected chi connectivity index (χ3v) is 5.02. The van der Waals surface area contributed by atoms with Crippen molar-refractivity contribution in [2.24, 2.45) is 0 Å². The lowest BCUT2D eigenvalue weighted by Gasteiger charge is -2.36. The molecule has 0 atom stereocenters. The van der Waals surface area contributed by atoms with Crippen LogP contribution in [0.2, 0.25) is 10.0 Å². The fraction of sp³-hybridized carbons (Fsp3) is 0.316. The normalized spacial score (nSPS) is 15.0. The number of methoxy groups -OCH3 is 1. The van der Waals surface area contributed by atoms with Gasteiger partial charge in [-0.2, -0.15) is 0 Å². The summed E-state index contributed by atoms with van der Waals surface area (Å²) < 4.78 is 5.43. The maximum atomic E-state index is 12.3. The van der Waals surface area contributed by atoms with Crippen molar-refractivity contribution >= 4 is 40.5 Å². The van der Waals surface area contributed by atoms with E-state index < -0.39 is 0 Å². The number of rotatable bonds is 5. The highest BCUT2D eigenvalue weighted by Crippen LogP contribution is 2.30. The summed E-state index contributed by atoms with van der Waals surface area (Å²) in [6.07, 6.45) is 0. The number of carbonyl (C=O) groups is 1. The first-order valence-corrected chi connectivity index (χ1v) is 9.18. The van der Waals surface area contributed by atoms with Gasteiger partial charge in [0, 0.05) is 26.2 Å². The quantitative estimate of drug-likeness (QED) is 0.839. The summed E-state index contributed by atoms with van der Waals surface area (Å²) >= 11 is 12.2. The molecule has 3 rings (SSSR count). The monoisotopic (exact) mass is 393 g/mol. The Balaban J connectivity index is 1.55. The number of hydrogen-bond donors (Lipinski definition) is 1. The molecule has 0 unspecified atom stereocenters. The molecule has 2 aromatic carbocycles. The maximum absolute atomic E-state index is 12.3. The number of para-hydroxylation sites is 3. The van der Waals surface area contributed by atoms with Gasteiger partial charge in [0.05, 0.1) is 35.1 Å². The number of anilines is 2. The number of benzene rings is 2. The Hall–Kier alpha value is -1.95. The second-order valence-electron chi connectivity index (χ2n) is 6.08. The van der Waals surface area contributed by atoms with Crippen molar-refractivity contribution in [2.45, 2.75) is 0 Å². The van der Waals surface area contributed by atoms with Crippen LogP contribution < -0.4 is 15.0 Å². The minimum atomic E-state index is -0.120. The third kappa shape index (κ3) is 4.41. The number of nitrogens with one attached hydrogen (secondary N) is 1. The topological polar surface area (TPSA) is 44.8 Å². The number of carbonyl (C=O) groups excluding carboxylic acids is 1. The average molecular weight is 394 g/mol. The van der Waals surface area contributed by atoms with E-state index in [1.807, 2.05) is 18.2 Å². The Morgan fingerprint density at radius 1 is 1.04 bits per heavy atom. The Bertz CT molecular complexity index is 757. The van der Waals surface area contributed by atoms with Crippen LogP contribution in [0.3, 0.4) is 0 Å². The molecule has 0 spiro atoms. The van der Waals surface area contributed by atoms with Crippen LogP contribution in [0.5, 0.6) is 5.75 Å². The zero-order valence-electron chi connectivity index (χ0n) is 14.5. The second kappa shape index (κ2) is 8.62. The van der Waals surface area contributed by atoms with E-state index in [2.05, 4.69) is 21.2 Å². The van der Waals surface area contributed by atoms with Crippen molar-refractivity contribution in [3.05, 3.63) is 52.5 Å². The van der Waals surface area contributed by atoms with Crippen molar-refractivity contribution in [3.63, 3.8) is 0 Å². The second-order valence-corrected chi connectivity index (χ2v) is 6.89. The summed E-state index contributed by atoms with van der Waals surface area (Å²) in [7, 11) is 1.68. The van der Waals surface area contributed by atoms with E-state index >= 15 is 0 Å². The van der Waals surface area contributed by atoms with E-state index in [0.29, 0.717) is 22.3 Å². The molecular weight excluding hydrogens is 373 g/mol. The molecule has 1 fully saturated rings. The van der Waals surface area contributed by atoms with Crippen molar-refractivity contribution in [1.29, 1.82) is 0 Å². The molecule has 1 heterocycles. The summed E-state index contributed by atoms with van der Waals surface area (Å²) in [5, 5.41) is 3.68. The molecule has 0 radical (unpaired) electrons. The van der Waals surface area contributed by atoms with Crippen molar-refractivity contribution in [3.8, 4) is 5.75 Å². The molecule has 1 N–H and O–H groups in total. The molecule has 0 bridgehead atoms. The van der Waals surface area contributed by atoms with Crippen LogP contribution in [0.4, 0.5) is 11.4 Å². The highest BCUT2D eigenvalue weighted by molar-refractivity contribution is 6.39. The molecule has 138 valence electrons. The number of piperazine rings is 1. The van der Waals surface area contributed by atoms with Gasteiger partial charge in [-0.25, -0.2) is 0 Å². The van der Waals surface area contributed by atoms with Gasteiger partial charge in [0.15, 0.2) is 0 Å². The lowest BCUT2D eigenvalue weighted by molar-refractivity contribution is -0.117. The Labute approximate surface area is 163 Å². The van der Waals surface area contributed by atoms with Gasteiger partial charge in [0.25, 0.3) is 0 Å². The minimum Gasteiger partial charge on any atom is -0.495 e. The third-order valence-electron chi connectivity index (χ3n) is 4.39. The summed E-state index contributed by atoms with van der Waals surface area (Å²) in [5.74, 6) is 0.748. The molecule has 1 aliphatic heterocycles. The lowest BCUT2D eigenvalue weighted by atomic mass is 10.2. The van der Waals surface area contributed by atoms with E-state index in [4.69, 9.17) is 27.9 Å². The predicted molar refractivity (Wildman–Crippen MR) is 107 cm³/mol. The zero-order valence-corrected chi connectivity index (χ0v) is 16.1. The Kier molecular flexibility index (Phi) is 6.25. The standard InChI is InChI=1S/C19H21Cl2N3O2/c1-26-17-8-3-2-7-16(17)24-11-9-23(10-12-24)13-18(25)22-19-14(20)5-4-6-15(19)21/h2-8H,9-13H2,1H3,(H,22,25). The van der Waals surface area contributed by atoms with Gasteiger partial charge in [-0.05, 0) is 24.3 Å². The van der Waals surface area contributed by atoms with Crippen LogP contribution in [-0.4, -0.2) is 50.6 Å². The predicted octanol–water partition coefficient (Wildman–Crippen LogP) is 3.76. The number of ether oxygens (including phenoxy) is 1. The van der Waals surface area contributed by atoms with Gasteiger partial charge in [-0.3, -0.25) is 9.69 Å². The highest BCUT2D eigenvalue weighted by atomic mass is 35.5. The smallest absolute Gasteiger partial charge is 0.238 e. The van der Waals surface area contributed by atoms with Crippen LogP contribution in [0.25, 0.3) is 0 Å². The van der Waals surface area contributed by atoms with Gasteiger partial charge in [-0.15, -0.1) is 0 Å². The van der Waals surface area contributed by atoms with Gasteiger partial charge in [-0.1, -0.05) is 41.4 Å². The van der Waals surface area contributed by atoms with Crippen LogP contribution in [0, 0.1) is 0 Å². The fourth-order valence-corrected chi connectivity index (χ4v) is 3.53. The summed E-state index contributed by atoms with van der Waals surface area (Å²) in [4.78, 5) is 16.7. The van der Waals surface area contributed by atoms with Crippen LogP contribution in [0.1, 0.15) is 0 Å². The molecule has 0 aliphatic carbocycles. The first-order valence-electron chi connectivity index (χ1n) is 8.42. The van der Waals surface area contributed by atoms with E-state index in [1.165, 1.54) is 0 Å². The lowest BCUT2D eigenvalue weighted by Crippen LogP contribution is -2.48. The first-order chi connectivity index (χ1) is 12.6. The molecular formula is C19H21Cl2N3O2. The highest BCUT2D eigenvalue weighted by Gasteiger charge is 2.21. The fourth-order valence-electron chi connectivity index (χ4n) is 3.04. The number of amides is 1. The summed E-state index contributed by atoms with van der Waals surface area (Å²) in [6.45, 7) is 3.56. The van der Waals surface area contributed by atoms with Gasteiger partial charge < -0.3 is 15.0 Å². The molecule has 0 saturated carbocycles. The van der Waals surface area contributed by atoms with Crippen molar-refractivity contribution in [2.75, 3.05) is 50.1 Å². The molecule has 1 saturated heterocycles. The molecule has 7 heteroatoms. The zero-order chi connectivity index (χ0) is 18.5. The molecule has 1 amide bonds. The average Bonchev–Trinajstić information content (AvgIpc) is 2.65. The maximum Gasteiger partial charge on any atom is 0.238 e. The molecule has 1 aliphatic rings. The van der Waals surface area contributed by atoms with Crippen molar-refractivity contribution in [1.82, 2.24) is 4.90 Å². The van der Waals surface area contributed by atoms with Gasteiger partial charge in [0.1, 0.15) is 5.75 Å². The summed E-state index contributed by atoms with van der Waals surface area (Å²) in [5.41, 5.74) is 1.55. The van der Waals surface area contributed by atoms with Crippen LogP contribution in [0.15, 0.2) is 42.5 Å². The number of nitrogens with zero attached hydrogens (tertiary/aromatic N) is 2. The largest absolute Gasteiger partial charge is 0.495 e. The molecule has 0 aromatic heterocycles. The van der Waals surface area contributed by atoms with E-state index in [0.717, 1.165) is 37.6 Å². The molecule has 2 aromatic rings. The number of hydrogen-bond acceptors (Lipinski definition) is 4. The van der Waals surface area contributed by atoms with E-state index in [-0.39, 0.29) is 5.91 Å². The van der Waals surface area contributed by atoms with E-state index in [1.54, 1.807) is 25.3 Å². The summed E-state index contributed by atoms with van der Waals surface area (Å²) in [6, 6.07) is 13.1. The SMILES string of the molecule is COc1ccccc1N1CCN(CC(=O)Nc2c(Cl)cccc2Cl)CC1. The van der Waals surface area contributed by atoms with Crippen molar-refractivity contribution < 1.29 is 9.53 Å². The molecule has 26 heavy (non-hydrogen) atoms. The Morgan fingerprint density at radius 2 is 1.69 bits per heavy atom. The minimum absolute atomic E-state index is 0.120. The van der Waals surface area contributed by atoms with Gasteiger partial charge in [0.2, 0.25) is 5.91 Å². The Morgan fingerprint density at radius 3 is 2.35 bits per heavy atom.